The average Bonchev–Trinajstić information content (AvgIpc) is 3.41. The van der Waals surface area contributed by atoms with Crippen LogP contribution >= 0.6 is 11.3 Å². The third-order valence-corrected chi connectivity index (χ3v) is 4.97. The second-order valence-corrected chi connectivity index (χ2v) is 6.97. The van der Waals surface area contributed by atoms with E-state index in [1.807, 2.05) is 5.38 Å². The molecular weight excluding hydrogens is 411 g/mol. The number of fused-ring (bicyclic) bond motifs is 1. The first kappa shape index (κ1) is 19.5. The van der Waals surface area contributed by atoms with E-state index in [0.717, 1.165) is 11.1 Å². The Labute approximate surface area is 173 Å². The molecule has 0 saturated carbocycles. The molecule has 3 amide bonds. The molecule has 0 radical (unpaired) electrons. The minimum Gasteiger partial charge on any atom is -0.467 e. The van der Waals surface area contributed by atoms with Gasteiger partial charge < -0.3 is 14.5 Å². The van der Waals surface area contributed by atoms with Crippen LogP contribution in [0.2, 0.25) is 0 Å². The molecule has 1 aromatic carbocycles. The van der Waals surface area contributed by atoms with Gasteiger partial charge in [-0.3, -0.25) is 10.1 Å². The van der Waals surface area contributed by atoms with Crippen molar-refractivity contribution in [2.75, 3.05) is 6.61 Å². The van der Waals surface area contributed by atoms with Crippen molar-refractivity contribution in [3.63, 3.8) is 0 Å². The number of nitrogens with one attached hydrogen (secondary N) is 2. The SMILES string of the molecule is O=C(COc1ncnc2scc(-c3ccc(F)cc3)c12)NC(=O)NCc1ccco1. The van der Waals surface area contributed by atoms with Crippen molar-refractivity contribution in [1.29, 1.82) is 0 Å². The van der Waals surface area contributed by atoms with E-state index in [4.69, 9.17) is 9.15 Å². The Hall–Kier alpha value is -3.79. The lowest BCUT2D eigenvalue weighted by Crippen LogP contribution is -2.41. The maximum atomic E-state index is 13.2. The Morgan fingerprint density at radius 1 is 1.17 bits per heavy atom. The predicted octanol–water partition coefficient (Wildman–Crippen LogP) is 3.50. The van der Waals surface area contributed by atoms with Gasteiger partial charge in [0.1, 0.15) is 22.7 Å². The smallest absolute Gasteiger partial charge is 0.321 e. The van der Waals surface area contributed by atoms with Crippen LogP contribution < -0.4 is 15.4 Å². The van der Waals surface area contributed by atoms with Crippen molar-refractivity contribution in [1.82, 2.24) is 20.6 Å². The quantitative estimate of drug-likeness (QED) is 0.489. The molecule has 0 saturated heterocycles. The van der Waals surface area contributed by atoms with Gasteiger partial charge in [-0.15, -0.1) is 11.3 Å². The Bertz CT molecular complexity index is 1180. The van der Waals surface area contributed by atoms with Gasteiger partial charge in [0.2, 0.25) is 5.88 Å². The lowest BCUT2D eigenvalue weighted by atomic mass is 10.1. The largest absolute Gasteiger partial charge is 0.467 e. The van der Waals surface area contributed by atoms with E-state index in [9.17, 15) is 14.0 Å². The van der Waals surface area contributed by atoms with Crippen LogP contribution in [-0.2, 0) is 11.3 Å². The zero-order chi connectivity index (χ0) is 20.9. The summed E-state index contributed by atoms with van der Waals surface area (Å²) in [5.74, 6) is -0.222. The van der Waals surface area contributed by atoms with Crippen molar-refractivity contribution in [3.8, 4) is 17.0 Å². The molecule has 3 heterocycles. The lowest BCUT2D eigenvalue weighted by molar-refractivity contribution is -0.122. The summed E-state index contributed by atoms with van der Waals surface area (Å²) >= 11 is 1.38. The topological polar surface area (TPSA) is 106 Å². The van der Waals surface area contributed by atoms with Gasteiger partial charge in [0.25, 0.3) is 5.91 Å². The molecule has 3 aromatic heterocycles. The van der Waals surface area contributed by atoms with Gasteiger partial charge in [0.05, 0.1) is 18.2 Å². The highest BCUT2D eigenvalue weighted by Gasteiger charge is 2.16. The molecule has 0 spiro atoms. The summed E-state index contributed by atoms with van der Waals surface area (Å²) in [5.41, 5.74) is 1.53. The third kappa shape index (κ3) is 4.44. The normalized spacial score (nSPS) is 10.7. The highest BCUT2D eigenvalue weighted by molar-refractivity contribution is 7.17. The number of imide groups is 1. The molecule has 10 heteroatoms. The van der Waals surface area contributed by atoms with Crippen LogP contribution in [0, 0.1) is 5.82 Å². The number of thiophene rings is 1. The first-order chi connectivity index (χ1) is 14.6. The molecule has 30 heavy (non-hydrogen) atoms. The molecule has 2 N–H and O–H groups in total. The molecular formula is C20H15FN4O4S. The minimum atomic E-state index is -0.671. The lowest BCUT2D eigenvalue weighted by Gasteiger charge is -2.08. The molecule has 0 bridgehead atoms. The molecule has 0 unspecified atom stereocenters. The molecule has 4 aromatic rings. The first-order valence-corrected chi connectivity index (χ1v) is 9.69. The van der Waals surface area contributed by atoms with Crippen LogP contribution in [0.4, 0.5) is 9.18 Å². The van der Waals surface area contributed by atoms with Gasteiger partial charge in [0.15, 0.2) is 6.61 Å². The summed E-state index contributed by atoms with van der Waals surface area (Å²) in [7, 11) is 0. The Morgan fingerprint density at radius 3 is 2.77 bits per heavy atom. The minimum absolute atomic E-state index is 0.148. The third-order valence-electron chi connectivity index (χ3n) is 4.09. The fraction of sp³-hybridized carbons (Fsp3) is 0.100. The van der Waals surface area contributed by atoms with E-state index >= 15 is 0 Å². The zero-order valence-corrected chi connectivity index (χ0v) is 16.2. The van der Waals surface area contributed by atoms with Crippen LogP contribution in [0.1, 0.15) is 5.76 Å². The van der Waals surface area contributed by atoms with Gasteiger partial charge in [-0.1, -0.05) is 12.1 Å². The highest BCUT2D eigenvalue weighted by atomic mass is 32.1. The number of carbonyl (C=O) groups is 2. The van der Waals surface area contributed by atoms with Crippen LogP contribution in [0.5, 0.6) is 5.88 Å². The molecule has 8 nitrogen and oxygen atoms in total. The number of amides is 3. The molecule has 0 aliphatic heterocycles. The summed E-state index contributed by atoms with van der Waals surface area (Å²) in [6, 6.07) is 8.73. The van der Waals surface area contributed by atoms with E-state index in [1.54, 1.807) is 24.3 Å². The first-order valence-electron chi connectivity index (χ1n) is 8.81. The van der Waals surface area contributed by atoms with E-state index in [1.165, 1.54) is 36.1 Å². The van der Waals surface area contributed by atoms with E-state index in [0.29, 0.717) is 16.0 Å². The highest BCUT2D eigenvalue weighted by Crippen LogP contribution is 2.37. The van der Waals surface area contributed by atoms with E-state index in [-0.39, 0.29) is 18.2 Å². The number of benzene rings is 1. The van der Waals surface area contributed by atoms with Gasteiger partial charge >= 0.3 is 6.03 Å². The molecule has 0 fully saturated rings. The van der Waals surface area contributed by atoms with Gasteiger partial charge in [-0.2, -0.15) is 0 Å². The number of nitrogens with zero attached hydrogens (tertiary/aromatic N) is 2. The van der Waals surface area contributed by atoms with E-state index < -0.39 is 18.5 Å². The monoisotopic (exact) mass is 426 g/mol. The molecule has 0 atom stereocenters. The van der Waals surface area contributed by atoms with Crippen LogP contribution in [-0.4, -0.2) is 28.5 Å². The maximum absolute atomic E-state index is 13.2. The number of carbonyl (C=O) groups excluding carboxylic acids is 2. The molecule has 4 rings (SSSR count). The molecule has 0 aliphatic rings. The van der Waals surface area contributed by atoms with Gasteiger partial charge in [-0.05, 0) is 29.8 Å². The fourth-order valence-corrected chi connectivity index (χ4v) is 3.63. The van der Waals surface area contributed by atoms with Crippen molar-refractivity contribution in [2.24, 2.45) is 0 Å². The zero-order valence-electron chi connectivity index (χ0n) is 15.4. The maximum Gasteiger partial charge on any atom is 0.321 e. The molecule has 152 valence electrons. The predicted molar refractivity (Wildman–Crippen MR) is 107 cm³/mol. The summed E-state index contributed by atoms with van der Waals surface area (Å²) in [6.07, 6.45) is 2.82. The second-order valence-electron chi connectivity index (χ2n) is 6.11. The number of urea groups is 1. The fourth-order valence-electron chi connectivity index (χ4n) is 2.72. The summed E-state index contributed by atoms with van der Waals surface area (Å²) < 4.78 is 23.9. The van der Waals surface area contributed by atoms with Crippen LogP contribution in [0.3, 0.4) is 0 Å². The number of halogens is 1. The standard InChI is InChI=1S/C20H15FN4O4S/c21-13-5-3-12(4-6-13)15-10-30-19-17(15)18(23-11-24-19)29-9-16(26)25-20(27)22-8-14-2-1-7-28-14/h1-7,10-11H,8-9H2,(H2,22,25,26,27). The number of furan rings is 1. The van der Waals surface area contributed by atoms with Gasteiger partial charge in [-0.25, -0.2) is 19.2 Å². The van der Waals surface area contributed by atoms with Gasteiger partial charge in [0, 0.05) is 10.9 Å². The van der Waals surface area contributed by atoms with Crippen molar-refractivity contribution < 1.29 is 23.1 Å². The summed E-state index contributed by atoms with van der Waals surface area (Å²) in [5, 5.41) is 7.15. The van der Waals surface area contributed by atoms with Crippen LogP contribution in [0.15, 0.2) is 58.8 Å². The van der Waals surface area contributed by atoms with E-state index in [2.05, 4.69) is 20.6 Å². The number of hydrogen-bond donors (Lipinski definition) is 2. The van der Waals surface area contributed by atoms with Crippen molar-refractivity contribution in [2.45, 2.75) is 6.54 Å². The Kier molecular flexibility index (Phi) is 5.66. The summed E-state index contributed by atoms with van der Waals surface area (Å²) in [6.45, 7) is -0.269. The Morgan fingerprint density at radius 2 is 2.00 bits per heavy atom. The average molecular weight is 426 g/mol. The number of ether oxygens (including phenoxy) is 1. The van der Waals surface area contributed by atoms with Crippen molar-refractivity contribution in [3.05, 3.63) is 65.9 Å². The Balaban J connectivity index is 1.42. The number of rotatable bonds is 6. The summed E-state index contributed by atoms with van der Waals surface area (Å²) in [4.78, 5) is 32.8. The number of hydrogen-bond acceptors (Lipinski definition) is 7. The van der Waals surface area contributed by atoms with Crippen molar-refractivity contribution >= 4 is 33.5 Å². The second kappa shape index (κ2) is 8.70. The van der Waals surface area contributed by atoms with Crippen LogP contribution in [0.25, 0.3) is 21.3 Å². The number of aromatic nitrogens is 2. The molecule has 0 aliphatic carbocycles.